The van der Waals surface area contributed by atoms with Gasteiger partial charge >= 0.3 is 0 Å². The van der Waals surface area contributed by atoms with Gasteiger partial charge in [0.1, 0.15) is 11.6 Å². The Labute approximate surface area is 110 Å². The van der Waals surface area contributed by atoms with Crippen LogP contribution in [0.3, 0.4) is 0 Å². The fourth-order valence-corrected chi connectivity index (χ4v) is 2.64. The van der Waals surface area contributed by atoms with Gasteiger partial charge in [0.2, 0.25) is 0 Å². The van der Waals surface area contributed by atoms with E-state index in [1.807, 2.05) is 0 Å². The maximum Gasteiger partial charge on any atom is 0.147 e. The third-order valence-electron chi connectivity index (χ3n) is 3.79. The molecular weight excluding hydrogens is 248 g/mol. The highest BCUT2D eigenvalue weighted by molar-refractivity contribution is 5.38. The summed E-state index contributed by atoms with van der Waals surface area (Å²) in [6.45, 7) is 3.85. The highest BCUT2D eigenvalue weighted by Gasteiger charge is 2.34. The number of rotatable bonds is 2. The van der Waals surface area contributed by atoms with Crippen molar-refractivity contribution in [1.82, 2.24) is 14.9 Å². The Kier molecular flexibility index (Phi) is 2.86. The highest BCUT2D eigenvalue weighted by atomic mass is 19.1. The first-order valence-electron chi connectivity index (χ1n) is 6.29. The van der Waals surface area contributed by atoms with Crippen LogP contribution in [-0.2, 0) is 5.41 Å². The van der Waals surface area contributed by atoms with E-state index in [1.165, 1.54) is 12.4 Å². The van der Waals surface area contributed by atoms with Crippen LogP contribution in [0.25, 0.3) is 5.69 Å². The van der Waals surface area contributed by atoms with Gasteiger partial charge in [-0.1, -0.05) is 6.92 Å². The van der Waals surface area contributed by atoms with Gasteiger partial charge in [-0.05, 0) is 25.1 Å². The molecule has 1 saturated heterocycles. The molecule has 2 aromatic rings. The van der Waals surface area contributed by atoms with Gasteiger partial charge in [0.25, 0.3) is 0 Å². The predicted octanol–water partition coefficient (Wildman–Crippen LogP) is 2.40. The summed E-state index contributed by atoms with van der Waals surface area (Å²) in [5.41, 5.74) is 1.01. The Morgan fingerprint density at radius 1 is 1.37 bits per heavy atom. The van der Waals surface area contributed by atoms with Crippen LogP contribution < -0.4 is 5.32 Å². The Balaban J connectivity index is 2.12. The van der Waals surface area contributed by atoms with E-state index in [0.29, 0.717) is 0 Å². The molecule has 1 fully saturated rings. The fraction of sp³-hybridized carbons (Fsp3) is 0.357. The van der Waals surface area contributed by atoms with Crippen molar-refractivity contribution >= 4 is 0 Å². The Morgan fingerprint density at radius 3 is 2.95 bits per heavy atom. The molecule has 1 aliphatic rings. The number of imidazole rings is 1. The first-order valence-corrected chi connectivity index (χ1v) is 6.29. The van der Waals surface area contributed by atoms with Crippen LogP contribution in [-0.4, -0.2) is 22.6 Å². The molecule has 2 heterocycles. The molecule has 0 spiro atoms. The highest BCUT2D eigenvalue weighted by Crippen LogP contribution is 2.32. The van der Waals surface area contributed by atoms with Crippen molar-refractivity contribution in [2.24, 2.45) is 0 Å². The summed E-state index contributed by atoms with van der Waals surface area (Å²) in [6.07, 6.45) is 4.23. The molecule has 0 radical (unpaired) electrons. The van der Waals surface area contributed by atoms with Crippen LogP contribution in [0.1, 0.15) is 19.0 Å². The van der Waals surface area contributed by atoms with Crippen molar-refractivity contribution in [3.8, 4) is 5.69 Å². The van der Waals surface area contributed by atoms with E-state index < -0.39 is 11.6 Å². The van der Waals surface area contributed by atoms with Gasteiger partial charge < -0.3 is 5.32 Å². The van der Waals surface area contributed by atoms with Crippen LogP contribution >= 0.6 is 0 Å². The van der Waals surface area contributed by atoms with Crippen molar-refractivity contribution < 1.29 is 8.78 Å². The average molecular weight is 263 g/mol. The van der Waals surface area contributed by atoms with Gasteiger partial charge in [-0.25, -0.2) is 13.8 Å². The number of benzene rings is 1. The summed E-state index contributed by atoms with van der Waals surface area (Å²) in [7, 11) is 0. The zero-order valence-corrected chi connectivity index (χ0v) is 10.7. The molecule has 19 heavy (non-hydrogen) atoms. The van der Waals surface area contributed by atoms with E-state index in [-0.39, 0.29) is 11.1 Å². The van der Waals surface area contributed by atoms with Crippen molar-refractivity contribution in [3.63, 3.8) is 0 Å². The molecule has 1 unspecified atom stereocenters. The number of hydrogen-bond acceptors (Lipinski definition) is 2. The molecule has 1 aliphatic heterocycles. The van der Waals surface area contributed by atoms with Gasteiger partial charge in [0.05, 0.1) is 12.0 Å². The molecule has 5 heteroatoms. The zero-order valence-electron chi connectivity index (χ0n) is 10.7. The van der Waals surface area contributed by atoms with E-state index in [9.17, 15) is 8.78 Å². The van der Waals surface area contributed by atoms with Crippen LogP contribution in [0.4, 0.5) is 8.78 Å². The SMILES string of the molecule is CC1(c2cncn2-c2cc(F)ccc2F)CCNC1. The minimum Gasteiger partial charge on any atom is -0.316 e. The molecule has 1 aromatic heterocycles. The van der Waals surface area contributed by atoms with E-state index in [2.05, 4.69) is 17.2 Å². The van der Waals surface area contributed by atoms with E-state index in [4.69, 9.17) is 0 Å². The van der Waals surface area contributed by atoms with Crippen molar-refractivity contribution in [2.45, 2.75) is 18.8 Å². The molecule has 100 valence electrons. The van der Waals surface area contributed by atoms with Crippen molar-refractivity contribution in [1.29, 1.82) is 0 Å². The van der Waals surface area contributed by atoms with Crippen LogP contribution in [0.5, 0.6) is 0 Å². The zero-order chi connectivity index (χ0) is 13.5. The molecule has 0 aliphatic carbocycles. The largest absolute Gasteiger partial charge is 0.316 e. The number of nitrogens with zero attached hydrogens (tertiary/aromatic N) is 2. The lowest BCUT2D eigenvalue weighted by Crippen LogP contribution is -2.27. The maximum atomic E-state index is 13.9. The minimum atomic E-state index is -0.453. The van der Waals surface area contributed by atoms with Crippen molar-refractivity contribution in [3.05, 3.63) is 48.1 Å². The summed E-state index contributed by atoms with van der Waals surface area (Å²) in [5.74, 6) is -0.902. The van der Waals surface area contributed by atoms with Gasteiger partial charge in [0, 0.05) is 29.9 Å². The van der Waals surface area contributed by atoms with Crippen molar-refractivity contribution in [2.75, 3.05) is 13.1 Å². The lowest BCUT2D eigenvalue weighted by atomic mass is 9.86. The topological polar surface area (TPSA) is 29.9 Å². The molecule has 3 rings (SSSR count). The third kappa shape index (κ3) is 2.04. The minimum absolute atomic E-state index is 0.102. The molecular formula is C14H15F2N3. The standard InChI is InChI=1S/C14H15F2N3/c1-14(4-5-17-8-14)13-7-18-9-19(13)12-6-10(15)2-3-11(12)16/h2-3,6-7,9,17H,4-5,8H2,1H3. The van der Waals surface area contributed by atoms with Gasteiger partial charge in [-0.2, -0.15) is 0 Å². The summed E-state index contributed by atoms with van der Waals surface area (Å²) < 4.78 is 28.9. The van der Waals surface area contributed by atoms with Gasteiger partial charge in [0.15, 0.2) is 0 Å². The monoisotopic (exact) mass is 263 g/mol. The summed E-state index contributed by atoms with van der Waals surface area (Å²) in [5, 5.41) is 3.30. The lowest BCUT2D eigenvalue weighted by Gasteiger charge is -2.24. The quantitative estimate of drug-likeness (QED) is 0.901. The van der Waals surface area contributed by atoms with E-state index in [1.54, 1.807) is 10.8 Å². The molecule has 1 N–H and O–H groups in total. The van der Waals surface area contributed by atoms with E-state index >= 15 is 0 Å². The van der Waals surface area contributed by atoms with Gasteiger partial charge in [-0.15, -0.1) is 0 Å². The number of halogens is 2. The molecule has 1 atom stereocenters. The summed E-state index contributed by atoms with van der Waals surface area (Å²) in [4.78, 5) is 4.11. The fourth-order valence-electron chi connectivity index (χ4n) is 2.64. The number of nitrogens with one attached hydrogen (secondary N) is 1. The first-order chi connectivity index (χ1) is 9.10. The summed E-state index contributed by atoms with van der Waals surface area (Å²) >= 11 is 0. The molecule has 0 bridgehead atoms. The summed E-state index contributed by atoms with van der Waals surface area (Å²) in [6, 6.07) is 3.46. The molecule has 0 saturated carbocycles. The molecule has 3 nitrogen and oxygen atoms in total. The lowest BCUT2D eigenvalue weighted by molar-refractivity contribution is 0.494. The number of aromatic nitrogens is 2. The van der Waals surface area contributed by atoms with E-state index in [0.717, 1.165) is 37.3 Å². The molecule has 1 aromatic carbocycles. The van der Waals surface area contributed by atoms with Crippen LogP contribution in [0.2, 0.25) is 0 Å². The Hall–Kier alpha value is -1.75. The third-order valence-corrected chi connectivity index (χ3v) is 3.79. The second-order valence-electron chi connectivity index (χ2n) is 5.23. The average Bonchev–Trinajstić information content (AvgIpc) is 3.01. The second kappa shape index (κ2) is 4.42. The predicted molar refractivity (Wildman–Crippen MR) is 68.3 cm³/mol. The Bertz CT molecular complexity index is 600. The van der Waals surface area contributed by atoms with Gasteiger partial charge in [-0.3, -0.25) is 4.57 Å². The second-order valence-corrected chi connectivity index (χ2v) is 5.23. The normalized spacial score (nSPS) is 22.9. The first kappa shape index (κ1) is 12.3. The Morgan fingerprint density at radius 2 is 2.21 bits per heavy atom. The maximum absolute atomic E-state index is 13.9. The molecule has 0 amide bonds. The smallest absolute Gasteiger partial charge is 0.147 e. The van der Waals surface area contributed by atoms with Crippen LogP contribution in [0, 0.1) is 11.6 Å². The van der Waals surface area contributed by atoms with Crippen LogP contribution in [0.15, 0.2) is 30.7 Å². The number of hydrogen-bond donors (Lipinski definition) is 1.